The van der Waals surface area contributed by atoms with Crippen molar-refractivity contribution >= 4 is 29.0 Å². The van der Waals surface area contributed by atoms with E-state index in [1.54, 1.807) is 11.8 Å². The van der Waals surface area contributed by atoms with Gasteiger partial charge in [-0.3, -0.25) is 14.9 Å². The van der Waals surface area contributed by atoms with Gasteiger partial charge in [0, 0.05) is 25.2 Å². The van der Waals surface area contributed by atoms with Gasteiger partial charge in [0.05, 0.1) is 4.92 Å². The summed E-state index contributed by atoms with van der Waals surface area (Å²) in [6.07, 6.45) is 4.03. The molecule has 0 fully saturated rings. The zero-order valence-electron chi connectivity index (χ0n) is 11.6. The molecule has 1 aromatic rings. The average molecular weight is 297 g/mol. The Labute approximate surface area is 122 Å². The van der Waals surface area contributed by atoms with E-state index < -0.39 is 4.92 Å². The first-order valence-electron chi connectivity index (χ1n) is 6.33. The van der Waals surface area contributed by atoms with Gasteiger partial charge < -0.3 is 10.6 Å². The highest BCUT2D eigenvalue weighted by Gasteiger charge is 2.15. The Morgan fingerprint density at radius 1 is 1.40 bits per heavy atom. The molecule has 0 saturated carbocycles. The fourth-order valence-corrected chi connectivity index (χ4v) is 2.21. The van der Waals surface area contributed by atoms with Crippen molar-refractivity contribution in [3.05, 3.63) is 33.9 Å². The van der Waals surface area contributed by atoms with E-state index in [2.05, 4.69) is 10.6 Å². The summed E-state index contributed by atoms with van der Waals surface area (Å²) in [5.74, 6) is 0.813. The first-order chi connectivity index (χ1) is 9.60. The van der Waals surface area contributed by atoms with Crippen LogP contribution in [0.3, 0.4) is 0 Å². The molecule has 0 saturated heterocycles. The minimum absolute atomic E-state index is 0.0116. The zero-order chi connectivity index (χ0) is 15.0. The second-order valence-corrected chi connectivity index (χ2v) is 5.18. The van der Waals surface area contributed by atoms with Gasteiger partial charge in [-0.15, -0.1) is 0 Å². The molecule has 6 nitrogen and oxygen atoms in total. The van der Waals surface area contributed by atoms with Gasteiger partial charge in [-0.2, -0.15) is 11.8 Å². The van der Waals surface area contributed by atoms with Gasteiger partial charge in [0.15, 0.2) is 0 Å². The number of carbonyl (C=O) groups is 1. The van der Waals surface area contributed by atoms with Crippen LogP contribution in [0.4, 0.5) is 11.4 Å². The number of amides is 1. The van der Waals surface area contributed by atoms with E-state index in [1.807, 2.05) is 6.26 Å². The largest absolute Gasteiger partial charge is 0.379 e. The molecule has 1 rings (SSSR count). The Balaban J connectivity index is 2.78. The maximum absolute atomic E-state index is 11.6. The molecule has 0 atom stereocenters. The molecule has 0 aliphatic rings. The van der Waals surface area contributed by atoms with Crippen molar-refractivity contribution in [3.63, 3.8) is 0 Å². The molecular weight excluding hydrogens is 278 g/mol. The molecule has 0 spiro atoms. The molecule has 0 aromatic heterocycles. The molecule has 0 heterocycles. The minimum Gasteiger partial charge on any atom is -0.379 e. The van der Waals surface area contributed by atoms with Crippen molar-refractivity contribution in [2.45, 2.75) is 12.8 Å². The number of thioether (sulfide) groups is 1. The summed E-state index contributed by atoms with van der Waals surface area (Å²) in [4.78, 5) is 22.1. The summed E-state index contributed by atoms with van der Waals surface area (Å²) >= 11 is 1.78. The molecule has 0 bridgehead atoms. The number of anilines is 1. The van der Waals surface area contributed by atoms with Crippen LogP contribution in [0.2, 0.25) is 0 Å². The third-order valence-electron chi connectivity index (χ3n) is 2.77. The normalized spacial score (nSPS) is 10.1. The maximum Gasteiger partial charge on any atom is 0.292 e. The van der Waals surface area contributed by atoms with Crippen LogP contribution in [0.1, 0.15) is 23.2 Å². The molecule has 0 radical (unpaired) electrons. The number of nitrogens with one attached hydrogen (secondary N) is 2. The van der Waals surface area contributed by atoms with Gasteiger partial charge in [-0.1, -0.05) is 0 Å². The number of carbonyl (C=O) groups excluding carboxylic acids is 1. The highest BCUT2D eigenvalue weighted by molar-refractivity contribution is 7.98. The molecule has 0 unspecified atom stereocenters. The highest BCUT2D eigenvalue weighted by atomic mass is 32.2. The lowest BCUT2D eigenvalue weighted by Crippen LogP contribution is -2.18. The molecule has 1 amide bonds. The molecular formula is C13H19N3O3S. The van der Waals surface area contributed by atoms with Crippen LogP contribution in [0.5, 0.6) is 0 Å². The smallest absolute Gasteiger partial charge is 0.292 e. The number of nitro groups is 1. The number of hydrogen-bond donors (Lipinski definition) is 2. The second kappa shape index (κ2) is 8.42. The highest BCUT2D eigenvalue weighted by Crippen LogP contribution is 2.25. The van der Waals surface area contributed by atoms with Gasteiger partial charge in [-0.25, -0.2) is 0 Å². The summed E-state index contributed by atoms with van der Waals surface area (Å²) in [5.41, 5.74) is 0.785. The lowest BCUT2D eigenvalue weighted by atomic mass is 10.1. The summed E-state index contributed by atoms with van der Waals surface area (Å²) in [7, 11) is 1.53. The van der Waals surface area contributed by atoms with Crippen LogP contribution in [0.15, 0.2) is 18.2 Å². The van der Waals surface area contributed by atoms with Crippen molar-refractivity contribution in [1.82, 2.24) is 5.32 Å². The predicted octanol–water partition coefficient (Wildman–Crippen LogP) is 2.51. The first kappa shape index (κ1) is 16.3. The van der Waals surface area contributed by atoms with Gasteiger partial charge in [0.2, 0.25) is 0 Å². The number of unbranched alkanes of at least 4 members (excludes halogenated alkanes) is 1. The average Bonchev–Trinajstić information content (AvgIpc) is 2.45. The lowest BCUT2D eigenvalue weighted by Gasteiger charge is -2.08. The number of rotatable bonds is 8. The van der Waals surface area contributed by atoms with Crippen LogP contribution in [-0.4, -0.2) is 36.4 Å². The Morgan fingerprint density at radius 3 is 2.75 bits per heavy atom. The lowest BCUT2D eigenvalue weighted by molar-refractivity contribution is -0.384. The Kier molecular flexibility index (Phi) is 6.86. The minimum atomic E-state index is -0.447. The Morgan fingerprint density at radius 2 is 2.15 bits per heavy atom. The van der Waals surface area contributed by atoms with Crippen LogP contribution in [0, 0.1) is 10.1 Å². The van der Waals surface area contributed by atoms with Crippen molar-refractivity contribution in [2.24, 2.45) is 0 Å². The van der Waals surface area contributed by atoms with E-state index in [0.29, 0.717) is 17.8 Å². The van der Waals surface area contributed by atoms with Gasteiger partial charge >= 0.3 is 0 Å². The second-order valence-electron chi connectivity index (χ2n) is 4.19. The number of nitro benzene ring substituents is 1. The summed E-state index contributed by atoms with van der Waals surface area (Å²) < 4.78 is 0. The van der Waals surface area contributed by atoms with E-state index in [4.69, 9.17) is 0 Å². The molecule has 20 heavy (non-hydrogen) atoms. The molecule has 7 heteroatoms. The van der Waals surface area contributed by atoms with E-state index in [0.717, 1.165) is 18.6 Å². The third-order valence-corrected chi connectivity index (χ3v) is 3.47. The van der Waals surface area contributed by atoms with Crippen LogP contribution >= 0.6 is 11.8 Å². The van der Waals surface area contributed by atoms with E-state index in [1.165, 1.54) is 25.2 Å². The molecule has 1 aromatic carbocycles. The van der Waals surface area contributed by atoms with Crippen molar-refractivity contribution < 1.29 is 9.72 Å². The van der Waals surface area contributed by atoms with Crippen molar-refractivity contribution in [2.75, 3.05) is 30.9 Å². The van der Waals surface area contributed by atoms with Gasteiger partial charge in [-0.05, 0) is 37.0 Å². The van der Waals surface area contributed by atoms with Crippen molar-refractivity contribution in [1.29, 1.82) is 0 Å². The monoisotopic (exact) mass is 297 g/mol. The fourth-order valence-electron chi connectivity index (χ4n) is 1.72. The predicted molar refractivity (Wildman–Crippen MR) is 82.6 cm³/mol. The first-order valence-corrected chi connectivity index (χ1v) is 7.73. The summed E-state index contributed by atoms with van der Waals surface area (Å²) in [6, 6.07) is 4.33. The summed E-state index contributed by atoms with van der Waals surface area (Å²) in [5, 5.41) is 16.5. The molecule has 0 aliphatic carbocycles. The fraction of sp³-hybridized carbons (Fsp3) is 0.462. The quantitative estimate of drug-likeness (QED) is 0.437. The number of benzene rings is 1. The van der Waals surface area contributed by atoms with E-state index >= 15 is 0 Å². The number of hydrogen-bond acceptors (Lipinski definition) is 5. The topological polar surface area (TPSA) is 84.3 Å². The van der Waals surface area contributed by atoms with Crippen LogP contribution in [-0.2, 0) is 0 Å². The van der Waals surface area contributed by atoms with Crippen molar-refractivity contribution in [3.8, 4) is 0 Å². The van der Waals surface area contributed by atoms with E-state index in [9.17, 15) is 14.9 Å². The van der Waals surface area contributed by atoms with Crippen LogP contribution in [0.25, 0.3) is 0 Å². The van der Waals surface area contributed by atoms with Crippen LogP contribution < -0.4 is 10.6 Å². The standard InChI is InChI=1S/C13H19N3O3S/c1-14-13(17)10-5-6-12(16(18)19)11(9-10)15-7-3-4-8-20-2/h5-6,9,15H,3-4,7-8H2,1-2H3,(H,14,17). The third kappa shape index (κ3) is 4.73. The number of nitrogens with zero attached hydrogens (tertiary/aromatic N) is 1. The molecule has 110 valence electrons. The van der Waals surface area contributed by atoms with Gasteiger partial charge in [0.25, 0.3) is 11.6 Å². The zero-order valence-corrected chi connectivity index (χ0v) is 12.5. The van der Waals surface area contributed by atoms with E-state index in [-0.39, 0.29) is 11.6 Å². The summed E-state index contributed by atoms with van der Waals surface area (Å²) in [6.45, 7) is 0.651. The molecule has 2 N–H and O–H groups in total. The SMILES string of the molecule is CNC(=O)c1ccc([N+](=O)[O-])c(NCCCCSC)c1. The maximum atomic E-state index is 11.6. The van der Waals surface area contributed by atoms with Gasteiger partial charge in [0.1, 0.15) is 5.69 Å². The molecule has 0 aliphatic heterocycles. The Hall–Kier alpha value is -1.76. The Bertz CT molecular complexity index is 480.